The van der Waals surface area contributed by atoms with E-state index in [-0.39, 0.29) is 18.1 Å². The van der Waals surface area contributed by atoms with E-state index in [1.165, 1.54) is 11.6 Å². The maximum atomic E-state index is 12.4. The average molecular weight is 325 g/mol. The van der Waals surface area contributed by atoms with Gasteiger partial charge >= 0.3 is 5.97 Å². The summed E-state index contributed by atoms with van der Waals surface area (Å²) < 4.78 is 0. The highest BCUT2D eigenvalue weighted by Crippen LogP contribution is 2.17. The van der Waals surface area contributed by atoms with E-state index < -0.39 is 5.97 Å². The fourth-order valence-electron chi connectivity index (χ4n) is 2.70. The highest BCUT2D eigenvalue weighted by atomic mass is 16.4. The van der Waals surface area contributed by atoms with E-state index >= 15 is 0 Å². The molecule has 2 aromatic rings. The van der Waals surface area contributed by atoms with Crippen LogP contribution in [0.3, 0.4) is 0 Å². The molecule has 6 nitrogen and oxygen atoms in total. The first kappa shape index (κ1) is 16.0. The summed E-state index contributed by atoms with van der Waals surface area (Å²) in [4.78, 5) is 31.2. The third-order valence-electron chi connectivity index (χ3n) is 4.09. The average Bonchev–Trinajstić information content (AvgIpc) is 2.58. The van der Waals surface area contributed by atoms with Gasteiger partial charge < -0.3 is 14.9 Å². The first-order valence-corrected chi connectivity index (χ1v) is 7.81. The normalized spacial score (nSPS) is 14.8. The Hall–Kier alpha value is -2.89. The molecule has 124 valence electrons. The maximum absolute atomic E-state index is 12.4. The fourth-order valence-corrected chi connectivity index (χ4v) is 2.70. The van der Waals surface area contributed by atoms with Crippen LogP contribution in [0.5, 0.6) is 0 Å². The number of carboxylic acid groups (broad SMARTS) is 1. The standard InChI is InChI=1S/C18H19N3O3/c1-13-5-7-14(8-6-13)11-21-10-9-20(12-17(21)22)16-4-2-3-15(19-16)18(23)24/h2-8H,9-12H2,1H3,(H,23,24). The van der Waals surface area contributed by atoms with Gasteiger partial charge in [-0.05, 0) is 24.6 Å². The molecule has 0 atom stereocenters. The third kappa shape index (κ3) is 3.53. The summed E-state index contributed by atoms with van der Waals surface area (Å²) in [6.07, 6.45) is 0. The van der Waals surface area contributed by atoms with E-state index in [0.29, 0.717) is 25.5 Å². The van der Waals surface area contributed by atoms with Crippen molar-refractivity contribution in [2.45, 2.75) is 13.5 Å². The number of rotatable bonds is 4. The van der Waals surface area contributed by atoms with Crippen molar-refractivity contribution in [1.82, 2.24) is 9.88 Å². The number of carbonyl (C=O) groups is 2. The number of hydrogen-bond acceptors (Lipinski definition) is 4. The van der Waals surface area contributed by atoms with Crippen molar-refractivity contribution in [1.29, 1.82) is 0 Å². The van der Waals surface area contributed by atoms with Crippen molar-refractivity contribution < 1.29 is 14.7 Å². The second-order valence-electron chi connectivity index (χ2n) is 5.91. The van der Waals surface area contributed by atoms with Crippen LogP contribution in [-0.2, 0) is 11.3 Å². The minimum Gasteiger partial charge on any atom is -0.477 e. The van der Waals surface area contributed by atoms with E-state index in [1.807, 2.05) is 41.0 Å². The molecule has 0 aliphatic carbocycles. The Balaban J connectivity index is 1.67. The van der Waals surface area contributed by atoms with Gasteiger partial charge in [-0.1, -0.05) is 35.9 Å². The van der Waals surface area contributed by atoms with Crippen LogP contribution in [0, 0.1) is 6.92 Å². The summed E-state index contributed by atoms with van der Waals surface area (Å²) in [7, 11) is 0. The van der Waals surface area contributed by atoms with Gasteiger partial charge in [0.2, 0.25) is 5.91 Å². The van der Waals surface area contributed by atoms with E-state index in [4.69, 9.17) is 5.11 Å². The monoisotopic (exact) mass is 325 g/mol. The molecule has 1 aromatic carbocycles. The first-order valence-electron chi connectivity index (χ1n) is 7.81. The molecule has 1 aromatic heterocycles. The summed E-state index contributed by atoms with van der Waals surface area (Å²) in [5.41, 5.74) is 2.29. The predicted octanol–water partition coefficient (Wildman–Crippen LogP) is 1.94. The van der Waals surface area contributed by atoms with E-state index in [2.05, 4.69) is 4.98 Å². The van der Waals surface area contributed by atoms with Crippen LogP contribution in [0.4, 0.5) is 5.82 Å². The van der Waals surface area contributed by atoms with Gasteiger partial charge in [0, 0.05) is 19.6 Å². The molecule has 1 saturated heterocycles. The minimum absolute atomic E-state index is 0.0120. The number of carboxylic acids is 1. The lowest BCUT2D eigenvalue weighted by molar-refractivity contribution is -0.131. The third-order valence-corrected chi connectivity index (χ3v) is 4.09. The number of hydrogen-bond donors (Lipinski definition) is 1. The maximum Gasteiger partial charge on any atom is 0.354 e. The Bertz CT molecular complexity index is 758. The number of pyridine rings is 1. The smallest absolute Gasteiger partial charge is 0.354 e. The van der Waals surface area contributed by atoms with Crippen LogP contribution in [0.2, 0.25) is 0 Å². The summed E-state index contributed by atoms with van der Waals surface area (Å²) in [6.45, 7) is 4.06. The highest BCUT2D eigenvalue weighted by Gasteiger charge is 2.25. The predicted molar refractivity (Wildman–Crippen MR) is 90.0 cm³/mol. The van der Waals surface area contributed by atoms with Gasteiger partial charge in [0.25, 0.3) is 0 Å². The molecule has 24 heavy (non-hydrogen) atoms. The fraction of sp³-hybridized carbons (Fsp3) is 0.278. The number of benzene rings is 1. The highest BCUT2D eigenvalue weighted by molar-refractivity contribution is 5.86. The van der Waals surface area contributed by atoms with Crippen molar-refractivity contribution in [3.8, 4) is 0 Å². The lowest BCUT2D eigenvalue weighted by Gasteiger charge is -2.35. The molecule has 3 rings (SSSR count). The molecule has 1 N–H and O–H groups in total. The second-order valence-corrected chi connectivity index (χ2v) is 5.91. The van der Waals surface area contributed by atoms with Gasteiger partial charge in [0.05, 0.1) is 6.54 Å². The van der Waals surface area contributed by atoms with Gasteiger partial charge in [0.1, 0.15) is 5.82 Å². The van der Waals surface area contributed by atoms with E-state index in [0.717, 1.165) is 5.56 Å². The first-order chi connectivity index (χ1) is 11.5. The summed E-state index contributed by atoms with van der Waals surface area (Å²) in [6, 6.07) is 13.0. The molecular weight excluding hydrogens is 306 g/mol. The molecule has 0 saturated carbocycles. The number of nitrogens with zero attached hydrogens (tertiary/aromatic N) is 3. The Kier molecular flexibility index (Phi) is 4.46. The van der Waals surface area contributed by atoms with Crippen LogP contribution in [0.15, 0.2) is 42.5 Å². The number of anilines is 1. The Morgan fingerprint density at radius 3 is 2.58 bits per heavy atom. The van der Waals surface area contributed by atoms with Crippen LogP contribution in [0.25, 0.3) is 0 Å². The van der Waals surface area contributed by atoms with Crippen LogP contribution >= 0.6 is 0 Å². The minimum atomic E-state index is -1.07. The van der Waals surface area contributed by atoms with Gasteiger partial charge in [-0.2, -0.15) is 0 Å². The van der Waals surface area contributed by atoms with Crippen molar-refractivity contribution in [2.24, 2.45) is 0 Å². The molecule has 0 radical (unpaired) electrons. The Morgan fingerprint density at radius 1 is 1.17 bits per heavy atom. The molecule has 0 spiro atoms. The number of aryl methyl sites for hydroxylation is 1. The van der Waals surface area contributed by atoms with Crippen molar-refractivity contribution in [3.05, 3.63) is 59.3 Å². The molecule has 6 heteroatoms. The molecule has 1 amide bonds. The molecule has 1 aliphatic heterocycles. The summed E-state index contributed by atoms with van der Waals surface area (Å²) in [5.74, 6) is -0.524. The molecule has 1 fully saturated rings. The molecular formula is C18H19N3O3. The van der Waals surface area contributed by atoms with Crippen LogP contribution in [0.1, 0.15) is 21.6 Å². The molecule has 1 aliphatic rings. The van der Waals surface area contributed by atoms with E-state index in [9.17, 15) is 9.59 Å². The molecule has 0 bridgehead atoms. The van der Waals surface area contributed by atoms with Crippen molar-refractivity contribution >= 4 is 17.7 Å². The zero-order valence-electron chi connectivity index (χ0n) is 13.5. The summed E-state index contributed by atoms with van der Waals surface area (Å²) >= 11 is 0. The number of carbonyl (C=O) groups excluding carboxylic acids is 1. The number of amides is 1. The molecule has 0 unspecified atom stereocenters. The van der Waals surface area contributed by atoms with Crippen LogP contribution < -0.4 is 4.90 Å². The van der Waals surface area contributed by atoms with Gasteiger partial charge in [0.15, 0.2) is 5.69 Å². The van der Waals surface area contributed by atoms with Gasteiger partial charge in [-0.15, -0.1) is 0 Å². The zero-order valence-corrected chi connectivity index (χ0v) is 13.5. The SMILES string of the molecule is Cc1ccc(CN2CCN(c3cccc(C(=O)O)n3)CC2=O)cc1. The quantitative estimate of drug-likeness (QED) is 0.930. The second kappa shape index (κ2) is 6.70. The lowest BCUT2D eigenvalue weighted by Crippen LogP contribution is -2.50. The van der Waals surface area contributed by atoms with E-state index in [1.54, 1.807) is 12.1 Å². The number of aromatic nitrogens is 1. The van der Waals surface area contributed by atoms with Crippen molar-refractivity contribution in [3.63, 3.8) is 0 Å². The Labute approximate surface area is 140 Å². The van der Waals surface area contributed by atoms with Gasteiger partial charge in [-0.3, -0.25) is 4.79 Å². The van der Waals surface area contributed by atoms with Gasteiger partial charge in [-0.25, -0.2) is 9.78 Å². The van der Waals surface area contributed by atoms with Crippen LogP contribution in [-0.4, -0.2) is 46.5 Å². The molecule has 2 heterocycles. The Morgan fingerprint density at radius 2 is 1.92 bits per heavy atom. The number of piperazine rings is 1. The summed E-state index contributed by atoms with van der Waals surface area (Å²) in [5, 5.41) is 9.03. The topological polar surface area (TPSA) is 73.7 Å². The van der Waals surface area contributed by atoms with Crippen molar-refractivity contribution in [2.75, 3.05) is 24.5 Å². The largest absolute Gasteiger partial charge is 0.477 e. The number of aromatic carboxylic acids is 1. The lowest BCUT2D eigenvalue weighted by atomic mass is 10.1. The zero-order chi connectivity index (χ0) is 17.1.